The minimum Gasteiger partial charge on any atom is -0.251 e. The molecule has 0 aliphatic rings. The first-order chi connectivity index (χ1) is 12.4. The lowest BCUT2D eigenvalue weighted by Gasteiger charge is -2.00. The van der Waals surface area contributed by atoms with Gasteiger partial charge in [-0.25, -0.2) is 4.98 Å². The molecule has 5 heteroatoms. The summed E-state index contributed by atoms with van der Waals surface area (Å²) in [4.78, 5) is 11.2. The number of benzene rings is 2. The normalized spacial score (nSPS) is 12.0. The highest BCUT2D eigenvalue weighted by molar-refractivity contribution is 7.24. The lowest BCUT2D eigenvalue weighted by molar-refractivity contribution is 1.32. The second kappa shape index (κ2) is 5.08. The van der Waals surface area contributed by atoms with Crippen LogP contribution in [0.5, 0.6) is 0 Å². The van der Waals surface area contributed by atoms with Gasteiger partial charge in [0.05, 0.1) is 0 Å². The highest BCUT2D eigenvalue weighted by atomic mass is 32.1. The molecule has 0 amide bonds. The molecule has 2 nitrogen and oxygen atoms in total. The number of nitrogens with zero attached hydrogens (tertiary/aromatic N) is 2. The van der Waals surface area contributed by atoms with Crippen LogP contribution in [0.3, 0.4) is 0 Å². The lowest BCUT2D eigenvalue weighted by Crippen LogP contribution is -1.77. The molecular weight excluding hydrogens is 364 g/mol. The van der Waals surface area contributed by atoms with E-state index in [1.54, 1.807) is 23.7 Å². The fourth-order valence-electron chi connectivity index (χ4n) is 3.40. The molecule has 0 spiro atoms. The van der Waals surface area contributed by atoms with E-state index in [1.807, 2.05) is 22.7 Å². The van der Waals surface area contributed by atoms with E-state index in [0.717, 1.165) is 10.3 Å². The molecule has 2 aromatic carbocycles. The van der Waals surface area contributed by atoms with Gasteiger partial charge >= 0.3 is 0 Å². The fraction of sp³-hybridized carbons (Fsp3) is 0. The zero-order valence-corrected chi connectivity index (χ0v) is 15.3. The van der Waals surface area contributed by atoms with Crippen LogP contribution in [0.2, 0.25) is 0 Å². The largest absolute Gasteiger partial charge is 0.251 e. The molecule has 0 aliphatic carbocycles. The number of fused-ring (bicyclic) bond motifs is 6. The molecule has 0 N–H and O–H groups in total. The van der Waals surface area contributed by atoms with E-state index in [9.17, 15) is 0 Å². The number of hydrogen-bond acceptors (Lipinski definition) is 5. The van der Waals surface area contributed by atoms with E-state index >= 15 is 0 Å². The van der Waals surface area contributed by atoms with E-state index in [0.29, 0.717) is 0 Å². The van der Waals surface area contributed by atoms with Crippen molar-refractivity contribution >= 4 is 75.3 Å². The topological polar surface area (TPSA) is 25.8 Å². The second-order valence-electron chi connectivity index (χ2n) is 5.95. The molecule has 0 atom stereocenters. The van der Waals surface area contributed by atoms with Gasteiger partial charge in [0.2, 0.25) is 0 Å². The summed E-state index contributed by atoms with van der Waals surface area (Å²) >= 11 is 5.33. The Bertz CT molecular complexity index is 1400. The van der Waals surface area contributed by atoms with Gasteiger partial charge in [-0.2, -0.15) is 0 Å². The Morgan fingerprint density at radius 3 is 2.56 bits per heavy atom. The van der Waals surface area contributed by atoms with Crippen molar-refractivity contribution in [3.63, 3.8) is 0 Å². The summed E-state index contributed by atoms with van der Waals surface area (Å²) < 4.78 is 2.73. The number of aromatic nitrogens is 2. The Hall–Kier alpha value is -2.34. The number of rotatable bonds is 1. The smallest absolute Gasteiger partial charge is 0.142 e. The van der Waals surface area contributed by atoms with Crippen LogP contribution < -0.4 is 0 Å². The lowest BCUT2D eigenvalue weighted by atomic mass is 10.1. The second-order valence-corrected chi connectivity index (χ2v) is 8.78. The van der Waals surface area contributed by atoms with Crippen molar-refractivity contribution in [1.82, 2.24) is 9.97 Å². The first kappa shape index (κ1) is 13.9. The maximum atomic E-state index is 4.54. The molecule has 25 heavy (non-hydrogen) atoms. The van der Waals surface area contributed by atoms with Gasteiger partial charge in [0, 0.05) is 48.4 Å². The maximum Gasteiger partial charge on any atom is 0.142 e. The van der Waals surface area contributed by atoms with Gasteiger partial charge in [-0.3, -0.25) is 4.98 Å². The molecule has 4 aromatic heterocycles. The molecule has 0 bridgehead atoms. The van der Waals surface area contributed by atoms with Crippen LogP contribution in [-0.4, -0.2) is 9.97 Å². The number of thiophene rings is 3. The van der Waals surface area contributed by atoms with E-state index in [4.69, 9.17) is 0 Å². The van der Waals surface area contributed by atoms with Gasteiger partial charge in [0.25, 0.3) is 0 Å². The van der Waals surface area contributed by atoms with Crippen molar-refractivity contribution in [2.24, 2.45) is 0 Å². The van der Waals surface area contributed by atoms with Crippen LogP contribution in [0.1, 0.15) is 0 Å². The Morgan fingerprint density at radius 1 is 0.760 bits per heavy atom. The summed E-state index contributed by atoms with van der Waals surface area (Å²) in [5, 5.41) is 9.66. The van der Waals surface area contributed by atoms with Gasteiger partial charge in [-0.1, -0.05) is 24.3 Å². The van der Waals surface area contributed by atoms with Crippen LogP contribution >= 0.6 is 34.0 Å². The summed E-state index contributed by atoms with van der Waals surface area (Å²) in [7, 11) is 0. The van der Waals surface area contributed by atoms with E-state index in [2.05, 4.69) is 57.1 Å². The van der Waals surface area contributed by atoms with Crippen LogP contribution in [0.4, 0.5) is 0 Å². The zero-order valence-electron chi connectivity index (χ0n) is 12.9. The molecule has 0 saturated heterocycles. The SMILES string of the molecule is c1cnc2c(-c3cc4ccc5c(ccc6ccsc65)c4s3)csc2n1. The predicted molar refractivity (Wildman–Crippen MR) is 111 cm³/mol. The standard InChI is InChI=1S/C20H10N2S3/c1-3-14-13(18-11(1)5-8-23-18)4-2-12-9-16(25-19(12)14)15-10-24-20-17(15)21-6-7-22-20/h1-10H. The minimum atomic E-state index is 1.00. The Morgan fingerprint density at radius 2 is 1.60 bits per heavy atom. The average Bonchev–Trinajstić information content (AvgIpc) is 3.37. The molecule has 0 radical (unpaired) electrons. The molecule has 0 saturated carbocycles. The monoisotopic (exact) mass is 374 g/mol. The highest BCUT2D eigenvalue weighted by Gasteiger charge is 2.13. The van der Waals surface area contributed by atoms with Gasteiger partial charge in [-0.15, -0.1) is 34.0 Å². The third-order valence-corrected chi connectivity index (χ3v) is 7.63. The van der Waals surface area contributed by atoms with Crippen LogP contribution in [-0.2, 0) is 0 Å². The molecule has 0 aliphatic heterocycles. The van der Waals surface area contributed by atoms with E-state index in [-0.39, 0.29) is 0 Å². The molecule has 0 unspecified atom stereocenters. The van der Waals surface area contributed by atoms with E-state index < -0.39 is 0 Å². The summed E-state index contributed by atoms with van der Waals surface area (Å²) in [6.07, 6.45) is 3.53. The Labute approximate surface area is 155 Å². The van der Waals surface area contributed by atoms with Gasteiger partial charge < -0.3 is 0 Å². The zero-order chi connectivity index (χ0) is 16.4. The van der Waals surface area contributed by atoms with Crippen LogP contribution in [0, 0.1) is 0 Å². The van der Waals surface area contributed by atoms with Gasteiger partial charge in [-0.05, 0) is 28.3 Å². The van der Waals surface area contributed by atoms with Crippen molar-refractivity contribution in [1.29, 1.82) is 0 Å². The molecular formula is C20H10N2S3. The van der Waals surface area contributed by atoms with Crippen molar-refractivity contribution < 1.29 is 0 Å². The highest BCUT2D eigenvalue weighted by Crippen LogP contribution is 2.42. The van der Waals surface area contributed by atoms with Crippen molar-refractivity contribution in [3.8, 4) is 10.4 Å². The third kappa shape index (κ3) is 1.94. The van der Waals surface area contributed by atoms with E-state index in [1.165, 1.54) is 41.4 Å². The molecule has 0 fully saturated rings. The Kier molecular flexibility index (Phi) is 2.82. The molecule has 6 aromatic rings. The summed E-state index contributed by atoms with van der Waals surface area (Å²) in [5.41, 5.74) is 2.20. The Balaban J connectivity index is 1.68. The van der Waals surface area contributed by atoms with Gasteiger partial charge in [0.15, 0.2) is 0 Å². The van der Waals surface area contributed by atoms with Gasteiger partial charge in [0.1, 0.15) is 10.3 Å². The molecule has 4 heterocycles. The fourth-order valence-corrected chi connectivity index (χ4v) is 6.48. The first-order valence-electron chi connectivity index (χ1n) is 7.89. The maximum absolute atomic E-state index is 4.54. The average molecular weight is 375 g/mol. The third-order valence-electron chi connectivity index (χ3n) is 4.57. The number of hydrogen-bond donors (Lipinski definition) is 0. The first-order valence-corrected chi connectivity index (χ1v) is 10.5. The molecule has 6 rings (SSSR count). The van der Waals surface area contributed by atoms with Crippen molar-refractivity contribution in [2.45, 2.75) is 0 Å². The molecule has 118 valence electrons. The van der Waals surface area contributed by atoms with Crippen molar-refractivity contribution in [3.05, 3.63) is 59.6 Å². The van der Waals surface area contributed by atoms with Crippen LogP contribution in [0.25, 0.3) is 51.7 Å². The minimum absolute atomic E-state index is 1.00. The summed E-state index contributed by atoms with van der Waals surface area (Å²) in [5.74, 6) is 0. The summed E-state index contributed by atoms with van der Waals surface area (Å²) in [6, 6.07) is 13.5. The van der Waals surface area contributed by atoms with Crippen molar-refractivity contribution in [2.75, 3.05) is 0 Å². The van der Waals surface area contributed by atoms with Crippen LogP contribution in [0.15, 0.2) is 59.6 Å². The summed E-state index contributed by atoms with van der Waals surface area (Å²) in [6.45, 7) is 0. The predicted octanol–water partition coefficient (Wildman–Crippen LogP) is 6.94. The quantitative estimate of drug-likeness (QED) is 0.311.